The van der Waals surface area contributed by atoms with Crippen LogP contribution in [0.15, 0.2) is 18.2 Å². The number of hydrogen-bond donors (Lipinski definition) is 1. The number of nitrogens with zero attached hydrogens (tertiary/aromatic N) is 2. The van der Waals surface area contributed by atoms with E-state index in [0.717, 1.165) is 5.56 Å². The number of alkyl halides is 2. The van der Waals surface area contributed by atoms with E-state index in [2.05, 4.69) is 10.4 Å². The summed E-state index contributed by atoms with van der Waals surface area (Å²) < 4.78 is 26.2. The molecule has 0 bridgehead atoms. The van der Waals surface area contributed by atoms with Gasteiger partial charge in [0.15, 0.2) is 0 Å². The van der Waals surface area contributed by atoms with Crippen LogP contribution < -0.4 is 5.32 Å². The summed E-state index contributed by atoms with van der Waals surface area (Å²) in [6.45, 7) is 0.629. The van der Waals surface area contributed by atoms with Crippen LogP contribution in [0.2, 0.25) is 10.0 Å². The van der Waals surface area contributed by atoms with Gasteiger partial charge in [-0.05, 0) is 31.5 Å². The highest BCUT2D eigenvalue weighted by Gasteiger charge is 2.19. The number of aromatic nitrogens is 2. The van der Waals surface area contributed by atoms with Gasteiger partial charge in [0.05, 0.1) is 12.1 Å². The maximum absolute atomic E-state index is 12.8. The summed E-state index contributed by atoms with van der Waals surface area (Å²) in [4.78, 5) is 12.0. The predicted molar refractivity (Wildman–Crippen MR) is 85.0 cm³/mol. The van der Waals surface area contributed by atoms with Crippen LogP contribution in [-0.2, 0) is 17.8 Å². The molecule has 0 saturated heterocycles. The third kappa shape index (κ3) is 4.20. The van der Waals surface area contributed by atoms with Gasteiger partial charge >= 0.3 is 6.55 Å². The quantitative estimate of drug-likeness (QED) is 0.872. The number of nitrogens with one attached hydrogen (secondary N) is 1. The standard InChI is InChI=1S/C15H15Cl2F2N3O/c1-8-12(9(2)22(21-8)15(18)19)6-14(23)20-7-10-3-4-11(16)5-13(10)17/h3-5,15H,6-7H2,1-2H3,(H,20,23). The number of carbonyl (C=O) groups excluding carboxylic acids is 1. The molecular weight excluding hydrogens is 347 g/mol. The van der Waals surface area contributed by atoms with Gasteiger partial charge < -0.3 is 5.32 Å². The second kappa shape index (κ2) is 7.27. The lowest BCUT2D eigenvalue weighted by molar-refractivity contribution is -0.120. The highest BCUT2D eigenvalue weighted by Crippen LogP contribution is 2.21. The highest BCUT2D eigenvalue weighted by atomic mass is 35.5. The molecule has 1 aromatic carbocycles. The topological polar surface area (TPSA) is 46.9 Å². The van der Waals surface area contributed by atoms with Gasteiger partial charge in [-0.1, -0.05) is 29.3 Å². The fraction of sp³-hybridized carbons (Fsp3) is 0.333. The largest absolute Gasteiger partial charge is 0.352 e. The van der Waals surface area contributed by atoms with Crippen molar-refractivity contribution in [3.8, 4) is 0 Å². The zero-order chi connectivity index (χ0) is 17.1. The molecule has 0 unspecified atom stereocenters. The van der Waals surface area contributed by atoms with Crippen LogP contribution in [0.5, 0.6) is 0 Å². The van der Waals surface area contributed by atoms with Crippen molar-refractivity contribution in [2.45, 2.75) is 33.4 Å². The van der Waals surface area contributed by atoms with Crippen molar-refractivity contribution in [3.05, 3.63) is 50.8 Å². The van der Waals surface area contributed by atoms with Crippen LogP contribution in [0.1, 0.15) is 29.1 Å². The second-order valence-electron chi connectivity index (χ2n) is 5.06. The molecule has 0 radical (unpaired) electrons. The minimum Gasteiger partial charge on any atom is -0.352 e. The molecule has 0 aliphatic heterocycles. The average Bonchev–Trinajstić information content (AvgIpc) is 2.74. The molecule has 1 amide bonds. The van der Waals surface area contributed by atoms with Gasteiger partial charge in [0.1, 0.15) is 0 Å². The third-order valence-corrected chi connectivity index (χ3v) is 4.08. The lowest BCUT2D eigenvalue weighted by atomic mass is 10.1. The molecule has 0 fully saturated rings. The average molecular weight is 362 g/mol. The van der Waals surface area contributed by atoms with Crippen LogP contribution in [0.4, 0.5) is 8.78 Å². The number of halogens is 4. The van der Waals surface area contributed by atoms with E-state index in [1.807, 2.05) is 0 Å². The molecule has 124 valence electrons. The van der Waals surface area contributed by atoms with Crippen molar-refractivity contribution in [2.75, 3.05) is 0 Å². The normalized spacial score (nSPS) is 11.1. The smallest absolute Gasteiger partial charge is 0.333 e. The van der Waals surface area contributed by atoms with E-state index < -0.39 is 6.55 Å². The van der Waals surface area contributed by atoms with Crippen molar-refractivity contribution in [1.82, 2.24) is 15.1 Å². The first-order valence-corrected chi connectivity index (χ1v) is 7.58. The Hall–Kier alpha value is -1.66. The summed E-state index contributed by atoms with van der Waals surface area (Å²) >= 11 is 11.8. The predicted octanol–water partition coefficient (Wildman–Crippen LogP) is 4.06. The Morgan fingerprint density at radius 1 is 1.35 bits per heavy atom. The number of rotatable bonds is 5. The SMILES string of the molecule is Cc1nn(C(F)F)c(C)c1CC(=O)NCc1ccc(Cl)cc1Cl. The minimum atomic E-state index is -2.72. The minimum absolute atomic E-state index is 0.0183. The molecular formula is C15H15Cl2F2N3O. The molecule has 4 nitrogen and oxygen atoms in total. The number of amides is 1. The number of aryl methyl sites for hydroxylation is 1. The van der Waals surface area contributed by atoms with Crippen molar-refractivity contribution in [1.29, 1.82) is 0 Å². The third-order valence-electron chi connectivity index (χ3n) is 3.49. The van der Waals surface area contributed by atoms with Gasteiger partial charge in [0.2, 0.25) is 5.91 Å². The van der Waals surface area contributed by atoms with Crippen molar-refractivity contribution in [2.24, 2.45) is 0 Å². The molecule has 0 spiro atoms. The molecule has 1 heterocycles. The molecule has 2 aromatic rings. The molecule has 1 aromatic heterocycles. The van der Waals surface area contributed by atoms with Gasteiger partial charge in [0, 0.05) is 27.8 Å². The van der Waals surface area contributed by atoms with Crippen molar-refractivity contribution >= 4 is 29.1 Å². The van der Waals surface area contributed by atoms with E-state index in [4.69, 9.17) is 23.2 Å². The van der Waals surface area contributed by atoms with Crippen LogP contribution >= 0.6 is 23.2 Å². The van der Waals surface area contributed by atoms with E-state index in [1.165, 1.54) is 6.92 Å². The Morgan fingerprint density at radius 3 is 2.61 bits per heavy atom. The molecule has 8 heteroatoms. The summed E-state index contributed by atoms with van der Waals surface area (Å²) in [5.41, 5.74) is 1.94. The van der Waals surface area contributed by atoms with E-state index >= 15 is 0 Å². The molecule has 0 aliphatic carbocycles. The molecule has 0 aliphatic rings. The Balaban J connectivity index is 2.03. The Bertz CT molecular complexity index is 732. The van der Waals surface area contributed by atoms with Crippen LogP contribution in [0, 0.1) is 13.8 Å². The number of hydrogen-bond acceptors (Lipinski definition) is 2. The fourth-order valence-corrected chi connectivity index (χ4v) is 2.70. The van der Waals surface area contributed by atoms with E-state index in [-0.39, 0.29) is 24.6 Å². The monoisotopic (exact) mass is 361 g/mol. The van der Waals surface area contributed by atoms with Gasteiger partial charge in [0.25, 0.3) is 0 Å². The fourth-order valence-electron chi connectivity index (χ4n) is 2.22. The molecule has 23 heavy (non-hydrogen) atoms. The van der Waals surface area contributed by atoms with Gasteiger partial charge in [-0.25, -0.2) is 4.68 Å². The van der Waals surface area contributed by atoms with Gasteiger partial charge in [-0.15, -0.1) is 0 Å². The first kappa shape index (κ1) is 17.7. The Kier molecular flexibility index (Phi) is 5.59. The molecule has 2 rings (SSSR count). The summed E-state index contributed by atoms with van der Waals surface area (Å²) in [5.74, 6) is -0.295. The molecule has 1 N–H and O–H groups in total. The van der Waals surface area contributed by atoms with E-state index in [9.17, 15) is 13.6 Å². The number of carbonyl (C=O) groups is 1. The van der Waals surface area contributed by atoms with Gasteiger partial charge in [-0.3, -0.25) is 4.79 Å². The van der Waals surface area contributed by atoms with Gasteiger partial charge in [-0.2, -0.15) is 13.9 Å². The van der Waals surface area contributed by atoms with Crippen LogP contribution in [0.3, 0.4) is 0 Å². The van der Waals surface area contributed by atoms with E-state index in [0.29, 0.717) is 26.0 Å². The maximum Gasteiger partial charge on any atom is 0.333 e. The zero-order valence-corrected chi connectivity index (χ0v) is 14.1. The first-order chi connectivity index (χ1) is 10.8. The molecule has 0 saturated carbocycles. The zero-order valence-electron chi connectivity index (χ0n) is 12.5. The van der Waals surface area contributed by atoms with Crippen molar-refractivity contribution in [3.63, 3.8) is 0 Å². The number of benzene rings is 1. The van der Waals surface area contributed by atoms with Crippen LogP contribution in [-0.4, -0.2) is 15.7 Å². The first-order valence-electron chi connectivity index (χ1n) is 6.83. The Morgan fingerprint density at radius 2 is 2.04 bits per heavy atom. The summed E-state index contributed by atoms with van der Waals surface area (Å²) in [7, 11) is 0. The Labute approximate surface area is 142 Å². The van der Waals surface area contributed by atoms with E-state index in [1.54, 1.807) is 25.1 Å². The summed E-state index contributed by atoms with van der Waals surface area (Å²) in [6.07, 6.45) is -0.0183. The lowest BCUT2D eigenvalue weighted by Crippen LogP contribution is -2.25. The summed E-state index contributed by atoms with van der Waals surface area (Å²) in [5, 5.41) is 7.43. The maximum atomic E-state index is 12.8. The summed E-state index contributed by atoms with van der Waals surface area (Å²) in [6, 6.07) is 4.98. The van der Waals surface area contributed by atoms with Crippen LogP contribution in [0.25, 0.3) is 0 Å². The lowest BCUT2D eigenvalue weighted by Gasteiger charge is -2.08. The highest BCUT2D eigenvalue weighted by molar-refractivity contribution is 6.35. The molecule has 0 atom stereocenters. The second-order valence-corrected chi connectivity index (χ2v) is 5.90. The van der Waals surface area contributed by atoms with Crippen molar-refractivity contribution < 1.29 is 13.6 Å².